The first-order chi connectivity index (χ1) is 9.90. The molecule has 0 bridgehead atoms. The molecule has 2 rings (SSSR count). The summed E-state index contributed by atoms with van der Waals surface area (Å²) in [6.07, 6.45) is 4.17. The van der Waals surface area contributed by atoms with Crippen molar-refractivity contribution in [2.24, 2.45) is 0 Å². The number of nitrogens with zero attached hydrogens (tertiary/aromatic N) is 1. The molecule has 0 saturated carbocycles. The fourth-order valence-corrected chi connectivity index (χ4v) is 4.40. The maximum atomic E-state index is 12.9. The van der Waals surface area contributed by atoms with Crippen molar-refractivity contribution >= 4 is 15.7 Å². The second-order valence-corrected chi connectivity index (χ2v) is 7.44. The average molecular weight is 308 g/mol. The average Bonchev–Trinajstić information content (AvgIpc) is 2.46. The summed E-state index contributed by atoms with van der Waals surface area (Å²) in [7, 11) is -3.47. The van der Waals surface area contributed by atoms with Gasteiger partial charge in [-0.3, -0.25) is 0 Å². The van der Waals surface area contributed by atoms with E-state index >= 15 is 0 Å². The summed E-state index contributed by atoms with van der Waals surface area (Å²) < 4.78 is 27.4. The summed E-state index contributed by atoms with van der Waals surface area (Å²) in [6.45, 7) is 6.98. The number of nitrogen functional groups attached to an aromatic ring is 1. The molecule has 0 atom stereocenters. The van der Waals surface area contributed by atoms with Crippen molar-refractivity contribution in [2.45, 2.75) is 44.9 Å². The lowest BCUT2D eigenvalue weighted by atomic mass is 10.1. The Morgan fingerprint density at radius 1 is 1.24 bits per heavy atom. The molecule has 1 heterocycles. The van der Waals surface area contributed by atoms with Gasteiger partial charge in [0.15, 0.2) is 0 Å². The minimum atomic E-state index is -3.47. The van der Waals surface area contributed by atoms with Gasteiger partial charge >= 0.3 is 0 Å². The normalized spacial score (nSPS) is 16.8. The molecule has 2 N–H and O–H groups in total. The molecular weight excluding hydrogens is 284 g/mol. The molecule has 1 aromatic carbocycles. The number of rotatable bonds is 4. The molecule has 1 aromatic rings. The third-order valence-corrected chi connectivity index (χ3v) is 6.01. The molecule has 5 heteroatoms. The number of hydrogen-bond donors (Lipinski definition) is 1. The van der Waals surface area contributed by atoms with Gasteiger partial charge in [-0.25, -0.2) is 8.42 Å². The number of nitrogens with two attached hydrogens (primary N) is 1. The fourth-order valence-electron chi connectivity index (χ4n) is 2.65. The second-order valence-electron chi connectivity index (χ2n) is 5.53. The second kappa shape index (κ2) is 6.20. The number of aryl methyl sites for hydroxylation is 1. The van der Waals surface area contributed by atoms with Gasteiger partial charge in [0.1, 0.15) is 0 Å². The first-order valence-electron chi connectivity index (χ1n) is 7.47. The lowest BCUT2D eigenvalue weighted by Crippen LogP contribution is -2.35. The van der Waals surface area contributed by atoms with Crippen LogP contribution in [0.25, 0.3) is 0 Å². The Bertz CT molecular complexity index is 663. The predicted octanol–water partition coefficient (Wildman–Crippen LogP) is 2.73. The Kier molecular flexibility index (Phi) is 4.74. The third-order valence-electron chi connectivity index (χ3n) is 4.08. The largest absolute Gasteiger partial charge is 0.398 e. The van der Waals surface area contributed by atoms with E-state index in [0.29, 0.717) is 30.1 Å². The van der Waals surface area contributed by atoms with Crippen molar-refractivity contribution in [2.75, 3.05) is 18.8 Å². The van der Waals surface area contributed by atoms with Crippen LogP contribution in [0.4, 0.5) is 5.69 Å². The highest BCUT2D eigenvalue weighted by Crippen LogP contribution is 2.29. The first-order valence-corrected chi connectivity index (χ1v) is 8.91. The molecule has 116 valence electrons. The number of anilines is 1. The number of sulfonamides is 1. The van der Waals surface area contributed by atoms with Crippen molar-refractivity contribution in [3.05, 3.63) is 34.9 Å². The molecule has 1 aliphatic rings. The van der Waals surface area contributed by atoms with E-state index in [0.717, 1.165) is 24.0 Å². The molecule has 0 aromatic heterocycles. The van der Waals surface area contributed by atoms with Crippen LogP contribution in [-0.4, -0.2) is 25.8 Å². The van der Waals surface area contributed by atoms with Crippen molar-refractivity contribution in [1.29, 1.82) is 0 Å². The lowest BCUT2D eigenvalue weighted by Gasteiger charge is -2.26. The molecule has 0 aliphatic carbocycles. The fraction of sp³-hybridized carbons (Fsp3) is 0.500. The van der Waals surface area contributed by atoms with Crippen molar-refractivity contribution in [3.8, 4) is 0 Å². The molecule has 0 fully saturated rings. The van der Waals surface area contributed by atoms with Gasteiger partial charge in [0.05, 0.1) is 4.90 Å². The van der Waals surface area contributed by atoms with Gasteiger partial charge in [0.25, 0.3) is 0 Å². The first kappa shape index (κ1) is 16.0. The van der Waals surface area contributed by atoms with Crippen LogP contribution in [0.3, 0.4) is 0 Å². The molecule has 0 saturated heterocycles. The summed E-state index contributed by atoms with van der Waals surface area (Å²) in [5.41, 5.74) is 9.59. The zero-order chi connectivity index (χ0) is 15.6. The maximum Gasteiger partial charge on any atom is 0.243 e. The predicted molar refractivity (Wildman–Crippen MR) is 86.7 cm³/mol. The Labute approximate surface area is 127 Å². The maximum absolute atomic E-state index is 12.9. The highest BCUT2D eigenvalue weighted by atomic mass is 32.2. The van der Waals surface area contributed by atoms with E-state index in [1.807, 2.05) is 32.9 Å². The van der Waals surface area contributed by atoms with Crippen molar-refractivity contribution in [3.63, 3.8) is 0 Å². The molecule has 1 aliphatic heterocycles. The zero-order valence-corrected chi connectivity index (χ0v) is 13.8. The van der Waals surface area contributed by atoms with E-state index in [-0.39, 0.29) is 0 Å². The third kappa shape index (κ3) is 3.14. The summed E-state index contributed by atoms with van der Waals surface area (Å²) in [5, 5.41) is 0. The zero-order valence-electron chi connectivity index (χ0n) is 13.0. The molecule has 0 amide bonds. The van der Waals surface area contributed by atoms with Crippen LogP contribution in [0.5, 0.6) is 0 Å². The summed E-state index contributed by atoms with van der Waals surface area (Å²) in [6, 6.07) is 3.67. The van der Waals surface area contributed by atoms with Crippen LogP contribution in [0, 0.1) is 0 Å². The number of benzene rings is 1. The minimum absolute atomic E-state index is 0.384. The van der Waals surface area contributed by atoms with Gasteiger partial charge in [-0.1, -0.05) is 25.5 Å². The lowest BCUT2D eigenvalue weighted by molar-refractivity contribution is 0.431. The molecule has 21 heavy (non-hydrogen) atoms. The van der Waals surface area contributed by atoms with Gasteiger partial charge in [0, 0.05) is 18.8 Å². The minimum Gasteiger partial charge on any atom is -0.398 e. The van der Waals surface area contributed by atoms with Crippen molar-refractivity contribution < 1.29 is 8.42 Å². The summed E-state index contributed by atoms with van der Waals surface area (Å²) in [4.78, 5) is 0.384. The Balaban J connectivity index is 2.51. The topological polar surface area (TPSA) is 63.4 Å². The molecule has 0 spiro atoms. The molecule has 0 unspecified atom stereocenters. The van der Waals surface area contributed by atoms with Crippen LogP contribution in [0.15, 0.2) is 28.7 Å². The van der Waals surface area contributed by atoms with Gasteiger partial charge in [-0.15, -0.1) is 0 Å². The smallest absolute Gasteiger partial charge is 0.243 e. The van der Waals surface area contributed by atoms with Crippen LogP contribution < -0.4 is 5.73 Å². The van der Waals surface area contributed by atoms with Crippen LogP contribution in [-0.2, 0) is 22.9 Å². The Morgan fingerprint density at radius 2 is 1.95 bits per heavy atom. The Morgan fingerprint density at radius 3 is 2.48 bits per heavy atom. The van der Waals surface area contributed by atoms with Crippen LogP contribution in [0.2, 0.25) is 0 Å². The number of hydrogen-bond acceptors (Lipinski definition) is 3. The van der Waals surface area contributed by atoms with Crippen LogP contribution in [0.1, 0.15) is 38.3 Å². The van der Waals surface area contributed by atoms with Crippen molar-refractivity contribution in [1.82, 2.24) is 4.31 Å². The molecule has 4 nitrogen and oxygen atoms in total. The van der Waals surface area contributed by atoms with E-state index in [9.17, 15) is 8.42 Å². The SMILES string of the molecule is CCc1cc(N)c(CC)c(S(=O)(=O)N2CC=C(C)CC2)c1. The molecule has 0 radical (unpaired) electrons. The van der Waals surface area contributed by atoms with E-state index in [1.165, 1.54) is 5.57 Å². The van der Waals surface area contributed by atoms with E-state index in [4.69, 9.17) is 5.73 Å². The van der Waals surface area contributed by atoms with Crippen LogP contribution >= 0.6 is 0 Å². The van der Waals surface area contributed by atoms with E-state index in [2.05, 4.69) is 0 Å². The van der Waals surface area contributed by atoms with E-state index < -0.39 is 10.0 Å². The summed E-state index contributed by atoms with van der Waals surface area (Å²) in [5.74, 6) is 0. The quantitative estimate of drug-likeness (QED) is 0.687. The van der Waals surface area contributed by atoms with E-state index in [1.54, 1.807) is 10.4 Å². The Hall–Kier alpha value is -1.33. The van der Waals surface area contributed by atoms with Gasteiger partial charge in [-0.05, 0) is 49.4 Å². The highest BCUT2D eigenvalue weighted by Gasteiger charge is 2.28. The standard InChI is InChI=1S/C16H24N2O2S/c1-4-13-10-15(17)14(5-2)16(11-13)21(19,20)18-8-6-12(3)7-9-18/h6,10-11H,4-5,7-9,17H2,1-3H3. The van der Waals surface area contributed by atoms with Gasteiger partial charge in [0.2, 0.25) is 10.0 Å². The summed E-state index contributed by atoms with van der Waals surface area (Å²) >= 11 is 0. The highest BCUT2D eigenvalue weighted by molar-refractivity contribution is 7.89. The monoisotopic (exact) mass is 308 g/mol. The van der Waals surface area contributed by atoms with Gasteiger partial charge < -0.3 is 5.73 Å². The van der Waals surface area contributed by atoms with Gasteiger partial charge in [-0.2, -0.15) is 4.31 Å². The molecular formula is C16H24N2O2S.